The van der Waals surface area contributed by atoms with Gasteiger partial charge >= 0.3 is 0 Å². The monoisotopic (exact) mass is 380 g/mol. The average molecular weight is 381 g/mol. The van der Waals surface area contributed by atoms with Crippen LogP contribution in [-0.4, -0.2) is 15.7 Å². The van der Waals surface area contributed by atoms with Crippen LogP contribution in [0.2, 0.25) is 0 Å². The summed E-state index contributed by atoms with van der Waals surface area (Å²) in [4.78, 5) is 13.6. The predicted octanol–water partition coefficient (Wildman–Crippen LogP) is 6.33. The van der Waals surface area contributed by atoms with Gasteiger partial charge in [-0.05, 0) is 17.9 Å². The number of thioether (sulfide) groups is 1. The van der Waals surface area contributed by atoms with Crippen LogP contribution in [0.1, 0.15) is 6.92 Å². The lowest BCUT2D eigenvalue weighted by molar-refractivity contribution is 1.17. The summed E-state index contributed by atoms with van der Waals surface area (Å²) in [5.41, 5.74) is 2.02. The van der Waals surface area contributed by atoms with Crippen molar-refractivity contribution >= 4 is 58.0 Å². The number of rotatable bonds is 4. The zero-order valence-corrected chi connectivity index (χ0v) is 16.2. The standard InChI is InChI=1S/C20H16N2S3/c1-2-24-20-14-8-4-6-10-16(14)22-12-18(20)25-19-13-7-3-5-9-15(13)21-11-17(19)23/h3-12,23H,2H2,1H3. The Kier molecular flexibility index (Phi) is 4.88. The van der Waals surface area contributed by atoms with E-state index in [1.165, 1.54) is 10.3 Å². The van der Waals surface area contributed by atoms with Gasteiger partial charge in [-0.15, -0.1) is 24.4 Å². The zero-order valence-electron chi connectivity index (χ0n) is 13.6. The second kappa shape index (κ2) is 7.28. The third kappa shape index (κ3) is 3.24. The van der Waals surface area contributed by atoms with Crippen molar-refractivity contribution in [3.63, 3.8) is 0 Å². The number of nitrogens with zero attached hydrogens (tertiary/aromatic N) is 2. The fourth-order valence-corrected chi connectivity index (χ4v) is 5.18. The summed E-state index contributed by atoms with van der Waals surface area (Å²) < 4.78 is 0. The molecule has 4 rings (SSSR count). The van der Waals surface area contributed by atoms with Crippen LogP contribution in [0, 0.1) is 0 Å². The van der Waals surface area contributed by atoms with E-state index in [-0.39, 0.29) is 0 Å². The van der Waals surface area contributed by atoms with E-state index in [0.29, 0.717) is 0 Å². The molecule has 2 aromatic carbocycles. The van der Waals surface area contributed by atoms with Gasteiger partial charge in [-0.2, -0.15) is 0 Å². The van der Waals surface area contributed by atoms with Crippen molar-refractivity contribution in [2.24, 2.45) is 0 Å². The fraction of sp³-hybridized carbons (Fsp3) is 0.100. The Hall–Kier alpha value is -1.69. The van der Waals surface area contributed by atoms with Crippen molar-refractivity contribution in [3.05, 3.63) is 60.9 Å². The zero-order chi connectivity index (χ0) is 17.2. The number of hydrogen-bond donors (Lipinski definition) is 1. The van der Waals surface area contributed by atoms with Crippen molar-refractivity contribution < 1.29 is 0 Å². The van der Waals surface area contributed by atoms with E-state index in [4.69, 9.17) is 0 Å². The lowest BCUT2D eigenvalue weighted by Crippen LogP contribution is -1.89. The van der Waals surface area contributed by atoms with Crippen molar-refractivity contribution in [1.29, 1.82) is 0 Å². The number of benzene rings is 2. The number of pyridine rings is 2. The minimum atomic E-state index is 0.893. The first kappa shape index (κ1) is 16.8. The van der Waals surface area contributed by atoms with Crippen LogP contribution in [0.5, 0.6) is 0 Å². The summed E-state index contributed by atoms with van der Waals surface area (Å²) in [7, 11) is 0. The van der Waals surface area contributed by atoms with Gasteiger partial charge in [0.2, 0.25) is 0 Å². The van der Waals surface area contributed by atoms with Gasteiger partial charge in [0.1, 0.15) is 0 Å². The Morgan fingerprint density at radius 1 is 0.840 bits per heavy atom. The fourth-order valence-electron chi connectivity index (χ4n) is 2.79. The summed E-state index contributed by atoms with van der Waals surface area (Å²) in [6.45, 7) is 2.18. The largest absolute Gasteiger partial charge is 0.255 e. The van der Waals surface area contributed by atoms with Gasteiger partial charge in [0, 0.05) is 42.7 Å². The molecule has 0 aliphatic carbocycles. The smallest absolute Gasteiger partial charge is 0.0714 e. The van der Waals surface area contributed by atoms with E-state index in [9.17, 15) is 0 Å². The molecular formula is C20H16N2S3. The molecule has 2 nitrogen and oxygen atoms in total. The minimum Gasteiger partial charge on any atom is -0.255 e. The summed E-state index contributed by atoms with van der Waals surface area (Å²) in [5.74, 6) is 1.02. The number of thiol groups is 1. The second-order valence-corrected chi connectivity index (χ2v) is 8.30. The maximum absolute atomic E-state index is 4.66. The third-order valence-corrected chi connectivity index (χ3v) is 6.71. The molecule has 0 bridgehead atoms. The van der Waals surface area contributed by atoms with E-state index < -0.39 is 0 Å². The van der Waals surface area contributed by atoms with Crippen molar-refractivity contribution in [1.82, 2.24) is 9.97 Å². The van der Waals surface area contributed by atoms with E-state index in [2.05, 4.69) is 53.8 Å². The van der Waals surface area contributed by atoms with E-state index in [0.717, 1.165) is 36.9 Å². The van der Waals surface area contributed by atoms with E-state index >= 15 is 0 Å². The van der Waals surface area contributed by atoms with Crippen LogP contribution >= 0.6 is 36.2 Å². The van der Waals surface area contributed by atoms with Crippen molar-refractivity contribution in [2.75, 3.05) is 5.75 Å². The molecule has 0 fully saturated rings. The molecule has 0 atom stereocenters. The number of hydrogen-bond acceptors (Lipinski definition) is 5. The normalized spacial score (nSPS) is 11.3. The molecule has 124 valence electrons. The molecule has 0 N–H and O–H groups in total. The molecular weight excluding hydrogens is 364 g/mol. The van der Waals surface area contributed by atoms with Gasteiger partial charge in [-0.1, -0.05) is 55.1 Å². The molecule has 2 heterocycles. The van der Waals surface area contributed by atoms with Crippen LogP contribution in [0.15, 0.2) is 80.5 Å². The Morgan fingerprint density at radius 3 is 2.12 bits per heavy atom. The minimum absolute atomic E-state index is 0.893. The number of fused-ring (bicyclic) bond motifs is 2. The van der Waals surface area contributed by atoms with Crippen molar-refractivity contribution in [2.45, 2.75) is 26.5 Å². The van der Waals surface area contributed by atoms with Gasteiger partial charge in [0.25, 0.3) is 0 Å². The molecule has 0 amide bonds. The first-order valence-electron chi connectivity index (χ1n) is 8.03. The highest BCUT2D eigenvalue weighted by atomic mass is 32.2. The van der Waals surface area contributed by atoms with Crippen LogP contribution in [-0.2, 0) is 0 Å². The van der Waals surface area contributed by atoms with Crippen molar-refractivity contribution in [3.8, 4) is 0 Å². The highest BCUT2D eigenvalue weighted by Crippen LogP contribution is 2.43. The maximum atomic E-state index is 4.66. The molecule has 0 radical (unpaired) electrons. The molecule has 0 aliphatic rings. The second-order valence-electron chi connectivity index (χ2n) is 5.49. The predicted molar refractivity (Wildman–Crippen MR) is 111 cm³/mol. The van der Waals surface area contributed by atoms with Crippen LogP contribution < -0.4 is 0 Å². The highest BCUT2D eigenvalue weighted by molar-refractivity contribution is 8.02. The van der Waals surface area contributed by atoms with Crippen LogP contribution in [0.3, 0.4) is 0 Å². The average Bonchev–Trinajstić information content (AvgIpc) is 2.66. The summed E-state index contributed by atoms with van der Waals surface area (Å²) >= 11 is 8.24. The lowest BCUT2D eigenvalue weighted by atomic mass is 10.2. The summed E-state index contributed by atoms with van der Waals surface area (Å²) in [6, 6.07) is 16.5. The van der Waals surface area contributed by atoms with Gasteiger partial charge < -0.3 is 0 Å². The summed E-state index contributed by atoms with van der Waals surface area (Å²) in [5, 5.41) is 2.33. The number of para-hydroxylation sites is 2. The molecule has 0 aliphatic heterocycles. The molecule has 0 spiro atoms. The van der Waals surface area contributed by atoms with Crippen LogP contribution in [0.4, 0.5) is 0 Å². The molecule has 2 aromatic heterocycles. The Labute approximate surface area is 160 Å². The van der Waals surface area contributed by atoms with E-state index in [1.807, 2.05) is 48.4 Å². The quantitative estimate of drug-likeness (QED) is 0.330. The molecule has 0 saturated heterocycles. The maximum Gasteiger partial charge on any atom is 0.0714 e. The highest BCUT2D eigenvalue weighted by Gasteiger charge is 2.14. The van der Waals surface area contributed by atoms with Gasteiger partial charge in [-0.3, -0.25) is 9.97 Å². The van der Waals surface area contributed by atoms with Crippen LogP contribution in [0.25, 0.3) is 21.8 Å². The SMILES string of the molecule is CCSc1c(Sc2c(S)cnc3ccccc23)cnc2ccccc12. The molecule has 5 heteroatoms. The molecule has 0 unspecified atom stereocenters. The molecule has 25 heavy (non-hydrogen) atoms. The topological polar surface area (TPSA) is 25.8 Å². The Balaban J connectivity index is 1.89. The molecule has 0 saturated carbocycles. The van der Waals surface area contributed by atoms with E-state index in [1.54, 1.807) is 11.8 Å². The first-order chi connectivity index (χ1) is 12.3. The van der Waals surface area contributed by atoms with Gasteiger partial charge in [0.05, 0.1) is 11.0 Å². The number of aromatic nitrogens is 2. The van der Waals surface area contributed by atoms with Gasteiger partial charge in [0.15, 0.2) is 0 Å². The summed E-state index contributed by atoms with van der Waals surface area (Å²) in [6.07, 6.45) is 3.81. The lowest BCUT2D eigenvalue weighted by Gasteiger charge is -2.13. The molecule has 4 aromatic rings. The third-order valence-electron chi connectivity index (χ3n) is 3.90. The van der Waals surface area contributed by atoms with Gasteiger partial charge in [-0.25, -0.2) is 0 Å². The Bertz CT molecular complexity index is 1060. The first-order valence-corrected chi connectivity index (χ1v) is 10.3. The Morgan fingerprint density at radius 2 is 1.44 bits per heavy atom.